The van der Waals surface area contributed by atoms with Gasteiger partial charge in [-0.2, -0.15) is 0 Å². The number of nitrogens with two attached hydrogens (primary N) is 1. The quantitative estimate of drug-likeness (QED) is 0.586. The Kier molecular flexibility index (Phi) is 4.36. The third-order valence-electron chi connectivity index (χ3n) is 4.45. The first-order chi connectivity index (χ1) is 13.2. The molecule has 4 aromatic rings. The van der Waals surface area contributed by atoms with E-state index in [4.69, 9.17) is 10.7 Å². The minimum Gasteiger partial charge on any atom is -0.392 e. The van der Waals surface area contributed by atoms with Crippen LogP contribution in [0.3, 0.4) is 0 Å². The van der Waals surface area contributed by atoms with Crippen LogP contribution in [0.1, 0.15) is 16.1 Å². The summed E-state index contributed by atoms with van der Waals surface area (Å²) in [5.74, 6) is -0.584. The molecule has 0 radical (unpaired) electrons. The highest BCUT2D eigenvalue weighted by molar-refractivity contribution is 5.96. The topological polar surface area (TPSA) is 89.1 Å². The van der Waals surface area contributed by atoms with Crippen molar-refractivity contribution in [2.45, 2.75) is 6.61 Å². The van der Waals surface area contributed by atoms with Gasteiger partial charge in [0.1, 0.15) is 5.69 Å². The lowest BCUT2D eigenvalue weighted by Gasteiger charge is -2.12. The number of primary amides is 1. The number of aromatic nitrogens is 2. The number of aliphatic hydroxyl groups excluding tert-OH is 1. The summed E-state index contributed by atoms with van der Waals surface area (Å²) < 4.78 is 0. The van der Waals surface area contributed by atoms with E-state index in [1.807, 2.05) is 60.7 Å². The van der Waals surface area contributed by atoms with Crippen molar-refractivity contribution in [2.75, 3.05) is 0 Å². The van der Waals surface area contributed by atoms with Crippen LogP contribution in [0.25, 0.3) is 33.3 Å². The van der Waals surface area contributed by atoms with Crippen LogP contribution in [0.2, 0.25) is 0 Å². The first-order valence-corrected chi connectivity index (χ1v) is 8.52. The summed E-state index contributed by atoms with van der Waals surface area (Å²) in [7, 11) is 0. The molecule has 5 heteroatoms. The van der Waals surface area contributed by atoms with Crippen molar-refractivity contribution >= 4 is 16.8 Å². The maximum absolute atomic E-state index is 11.5. The lowest BCUT2D eigenvalue weighted by Crippen LogP contribution is -2.12. The Bertz CT molecular complexity index is 1120. The molecule has 4 rings (SSSR count). The Labute approximate surface area is 156 Å². The monoisotopic (exact) mass is 355 g/mol. The van der Waals surface area contributed by atoms with E-state index < -0.39 is 5.91 Å². The maximum atomic E-state index is 11.5. The molecule has 0 aliphatic carbocycles. The standard InChI is InChI=1S/C22H17N3O2/c23-22(27)20-11-19-17(12-24-20)10-18(15-4-2-1-3-5-15)21(25-19)16-8-6-14(13-26)7-9-16/h1-12,26H,13H2,(H2,23,27). The SMILES string of the molecule is NC(=O)c1cc2nc(-c3ccc(CO)cc3)c(-c3ccccc3)cc2cn1. The normalized spacial score (nSPS) is 10.9. The largest absolute Gasteiger partial charge is 0.392 e. The number of aliphatic hydroxyl groups is 1. The molecule has 2 aromatic heterocycles. The fourth-order valence-corrected chi connectivity index (χ4v) is 3.03. The second kappa shape index (κ2) is 6.97. The zero-order valence-electron chi connectivity index (χ0n) is 14.5. The van der Waals surface area contributed by atoms with Gasteiger partial charge in [-0.3, -0.25) is 9.78 Å². The van der Waals surface area contributed by atoms with Crippen molar-refractivity contribution < 1.29 is 9.90 Å². The molecule has 0 unspecified atom stereocenters. The molecule has 0 saturated carbocycles. The van der Waals surface area contributed by atoms with Crippen molar-refractivity contribution in [3.63, 3.8) is 0 Å². The number of hydrogen-bond acceptors (Lipinski definition) is 4. The number of amides is 1. The molecule has 5 nitrogen and oxygen atoms in total. The molecule has 0 bridgehead atoms. The second-order valence-corrected chi connectivity index (χ2v) is 6.23. The minimum atomic E-state index is -0.584. The van der Waals surface area contributed by atoms with Crippen LogP contribution in [0.5, 0.6) is 0 Å². The molecule has 0 aliphatic rings. The molecule has 0 aliphatic heterocycles. The third-order valence-corrected chi connectivity index (χ3v) is 4.45. The molecule has 0 saturated heterocycles. The summed E-state index contributed by atoms with van der Waals surface area (Å²) in [6.07, 6.45) is 1.62. The summed E-state index contributed by atoms with van der Waals surface area (Å²) >= 11 is 0. The van der Waals surface area contributed by atoms with E-state index in [0.29, 0.717) is 5.52 Å². The zero-order valence-corrected chi connectivity index (χ0v) is 14.5. The Balaban J connectivity index is 1.97. The summed E-state index contributed by atoms with van der Waals surface area (Å²) in [4.78, 5) is 20.4. The summed E-state index contributed by atoms with van der Waals surface area (Å²) in [6, 6.07) is 21.2. The lowest BCUT2D eigenvalue weighted by molar-refractivity contribution is 0.0995. The van der Waals surface area contributed by atoms with Gasteiger partial charge < -0.3 is 10.8 Å². The molecule has 2 aromatic carbocycles. The van der Waals surface area contributed by atoms with Crippen molar-refractivity contribution in [1.82, 2.24) is 9.97 Å². The van der Waals surface area contributed by atoms with Crippen molar-refractivity contribution in [1.29, 1.82) is 0 Å². The second-order valence-electron chi connectivity index (χ2n) is 6.23. The van der Waals surface area contributed by atoms with Gasteiger partial charge in [-0.25, -0.2) is 4.98 Å². The first kappa shape index (κ1) is 16.9. The molecule has 2 heterocycles. The Morgan fingerprint density at radius 2 is 1.70 bits per heavy atom. The number of hydrogen-bond donors (Lipinski definition) is 2. The van der Waals surface area contributed by atoms with Crippen LogP contribution in [0, 0.1) is 0 Å². The Morgan fingerprint density at radius 1 is 0.963 bits per heavy atom. The molecule has 0 atom stereocenters. The molecule has 132 valence electrons. The summed E-state index contributed by atoms with van der Waals surface area (Å²) in [5.41, 5.74) is 10.7. The van der Waals surface area contributed by atoms with Gasteiger partial charge in [-0.1, -0.05) is 54.6 Å². The van der Waals surface area contributed by atoms with Crippen LogP contribution in [-0.2, 0) is 6.61 Å². The van der Waals surface area contributed by atoms with Gasteiger partial charge in [0.05, 0.1) is 17.8 Å². The van der Waals surface area contributed by atoms with E-state index in [2.05, 4.69) is 4.98 Å². The minimum absolute atomic E-state index is 0.00931. The number of carbonyl (C=O) groups excluding carboxylic acids is 1. The number of pyridine rings is 2. The van der Waals surface area contributed by atoms with Gasteiger partial charge in [0, 0.05) is 22.7 Å². The van der Waals surface area contributed by atoms with Crippen LogP contribution >= 0.6 is 0 Å². The van der Waals surface area contributed by atoms with Crippen LogP contribution in [0.15, 0.2) is 72.9 Å². The third kappa shape index (κ3) is 3.28. The van der Waals surface area contributed by atoms with Gasteiger partial charge in [-0.05, 0) is 23.3 Å². The number of carbonyl (C=O) groups is 1. The molecule has 1 amide bonds. The predicted octanol–water partition coefficient (Wildman–Crippen LogP) is 3.56. The molecular formula is C22H17N3O2. The van der Waals surface area contributed by atoms with Crippen LogP contribution < -0.4 is 5.73 Å². The highest BCUT2D eigenvalue weighted by Crippen LogP contribution is 2.33. The van der Waals surface area contributed by atoms with Crippen molar-refractivity contribution in [3.05, 3.63) is 84.2 Å². The molecule has 3 N–H and O–H groups in total. The first-order valence-electron chi connectivity index (χ1n) is 8.52. The molecule has 0 fully saturated rings. The highest BCUT2D eigenvalue weighted by atomic mass is 16.3. The van der Waals surface area contributed by atoms with Gasteiger partial charge in [0.15, 0.2) is 0 Å². The van der Waals surface area contributed by atoms with E-state index in [-0.39, 0.29) is 12.3 Å². The zero-order chi connectivity index (χ0) is 18.8. The van der Waals surface area contributed by atoms with Crippen LogP contribution in [0.4, 0.5) is 0 Å². The average Bonchev–Trinajstić information content (AvgIpc) is 2.73. The van der Waals surface area contributed by atoms with Crippen molar-refractivity contribution in [3.8, 4) is 22.4 Å². The average molecular weight is 355 g/mol. The van der Waals surface area contributed by atoms with Gasteiger partial charge in [0.2, 0.25) is 0 Å². The number of nitrogens with zero attached hydrogens (tertiary/aromatic N) is 2. The number of fused-ring (bicyclic) bond motifs is 1. The number of benzene rings is 2. The summed E-state index contributed by atoms with van der Waals surface area (Å²) in [5, 5.41) is 10.1. The van der Waals surface area contributed by atoms with Crippen LogP contribution in [-0.4, -0.2) is 21.0 Å². The van der Waals surface area contributed by atoms with E-state index in [0.717, 1.165) is 33.3 Å². The lowest BCUT2D eigenvalue weighted by atomic mass is 9.97. The van der Waals surface area contributed by atoms with E-state index in [1.54, 1.807) is 12.3 Å². The Hall–Kier alpha value is -3.57. The van der Waals surface area contributed by atoms with Gasteiger partial charge >= 0.3 is 0 Å². The van der Waals surface area contributed by atoms with E-state index in [1.165, 1.54) is 0 Å². The smallest absolute Gasteiger partial charge is 0.267 e. The predicted molar refractivity (Wildman–Crippen MR) is 105 cm³/mol. The number of rotatable bonds is 4. The van der Waals surface area contributed by atoms with Crippen molar-refractivity contribution in [2.24, 2.45) is 5.73 Å². The molecular weight excluding hydrogens is 338 g/mol. The molecule has 0 spiro atoms. The van der Waals surface area contributed by atoms with Gasteiger partial charge in [-0.15, -0.1) is 0 Å². The fraction of sp³-hybridized carbons (Fsp3) is 0.0455. The summed E-state index contributed by atoms with van der Waals surface area (Å²) in [6.45, 7) is -0.00931. The van der Waals surface area contributed by atoms with Gasteiger partial charge in [0.25, 0.3) is 5.91 Å². The molecule has 27 heavy (non-hydrogen) atoms. The van der Waals surface area contributed by atoms with E-state index >= 15 is 0 Å². The fourth-order valence-electron chi connectivity index (χ4n) is 3.03. The Morgan fingerprint density at radius 3 is 2.37 bits per heavy atom. The maximum Gasteiger partial charge on any atom is 0.267 e. The highest BCUT2D eigenvalue weighted by Gasteiger charge is 2.13. The van der Waals surface area contributed by atoms with E-state index in [9.17, 15) is 9.90 Å².